The van der Waals surface area contributed by atoms with Crippen molar-refractivity contribution in [3.63, 3.8) is 0 Å². The minimum Gasteiger partial charge on any atom is -0.493 e. The highest BCUT2D eigenvalue weighted by molar-refractivity contribution is 7.89. The number of hydrogen-bond donors (Lipinski definition) is 1. The van der Waals surface area contributed by atoms with Gasteiger partial charge in [-0.05, 0) is 23.3 Å². The lowest BCUT2D eigenvalue weighted by atomic mass is 9.99. The van der Waals surface area contributed by atoms with Crippen LogP contribution in [0.5, 0.6) is 11.5 Å². The van der Waals surface area contributed by atoms with Crippen molar-refractivity contribution in [2.75, 3.05) is 27.8 Å². The number of methoxy groups -OCH3 is 2. The Kier molecular flexibility index (Phi) is 7.50. The summed E-state index contributed by atoms with van der Waals surface area (Å²) < 4.78 is 37.4. The lowest BCUT2D eigenvalue weighted by Gasteiger charge is -2.22. The summed E-state index contributed by atoms with van der Waals surface area (Å²) in [6, 6.07) is 23.0. The van der Waals surface area contributed by atoms with Crippen LogP contribution in [-0.4, -0.2) is 46.4 Å². The predicted octanol–water partition coefficient (Wildman–Crippen LogP) is 3.23. The largest absolute Gasteiger partial charge is 0.493 e. The molecule has 0 heterocycles. The second kappa shape index (κ2) is 10.3. The average Bonchev–Trinajstić information content (AvgIpc) is 2.83. The molecule has 3 aromatic carbocycles. The number of sulfonamides is 1. The Bertz CT molecular complexity index is 1110. The van der Waals surface area contributed by atoms with Crippen molar-refractivity contribution in [2.24, 2.45) is 0 Å². The SMILES string of the molecule is COc1ccc(S(=O)(=O)N(C)CC(=O)NC(c2ccccc2)c2ccccc2)cc1OC. The van der Waals surface area contributed by atoms with Crippen molar-refractivity contribution in [1.82, 2.24) is 9.62 Å². The summed E-state index contributed by atoms with van der Waals surface area (Å²) in [5.41, 5.74) is 1.80. The summed E-state index contributed by atoms with van der Waals surface area (Å²) in [5.74, 6) is 0.286. The number of nitrogens with one attached hydrogen (secondary N) is 1. The number of carbonyl (C=O) groups excluding carboxylic acids is 1. The molecule has 168 valence electrons. The Morgan fingerprint density at radius 1 is 0.875 bits per heavy atom. The van der Waals surface area contributed by atoms with Crippen LogP contribution in [0.15, 0.2) is 83.8 Å². The molecule has 0 aliphatic carbocycles. The van der Waals surface area contributed by atoms with Gasteiger partial charge in [0, 0.05) is 13.1 Å². The molecule has 0 aromatic heterocycles. The Morgan fingerprint density at radius 3 is 1.91 bits per heavy atom. The Balaban J connectivity index is 1.79. The van der Waals surface area contributed by atoms with Crippen molar-refractivity contribution in [1.29, 1.82) is 0 Å². The van der Waals surface area contributed by atoms with E-state index in [4.69, 9.17) is 9.47 Å². The molecule has 1 amide bonds. The van der Waals surface area contributed by atoms with E-state index in [1.54, 1.807) is 0 Å². The fourth-order valence-corrected chi connectivity index (χ4v) is 4.44. The van der Waals surface area contributed by atoms with Crippen LogP contribution in [0.3, 0.4) is 0 Å². The van der Waals surface area contributed by atoms with Crippen LogP contribution in [0.1, 0.15) is 17.2 Å². The Morgan fingerprint density at radius 2 is 1.41 bits per heavy atom. The highest BCUT2D eigenvalue weighted by Crippen LogP contribution is 2.30. The molecule has 0 fully saturated rings. The summed E-state index contributed by atoms with van der Waals surface area (Å²) in [6.45, 7) is -0.340. The molecule has 3 aromatic rings. The van der Waals surface area contributed by atoms with Gasteiger partial charge in [-0.25, -0.2) is 8.42 Å². The number of nitrogens with zero attached hydrogens (tertiary/aromatic N) is 1. The van der Waals surface area contributed by atoms with Gasteiger partial charge in [-0.1, -0.05) is 60.7 Å². The molecule has 0 saturated heterocycles. The molecule has 0 unspecified atom stereocenters. The van der Waals surface area contributed by atoms with Crippen molar-refractivity contribution in [3.8, 4) is 11.5 Å². The molecule has 0 aliphatic heterocycles. The van der Waals surface area contributed by atoms with Crippen LogP contribution >= 0.6 is 0 Å². The van der Waals surface area contributed by atoms with E-state index in [1.807, 2.05) is 60.7 Å². The third kappa shape index (κ3) is 5.27. The smallest absolute Gasteiger partial charge is 0.243 e. The van der Waals surface area contributed by atoms with E-state index in [1.165, 1.54) is 39.5 Å². The van der Waals surface area contributed by atoms with Gasteiger partial charge in [0.2, 0.25) is 15.9 Å². The van der Waals surface area contributed by atoms with E-state index in [0.29, 0.717) is 11.5 Å². The topological polar surface area (TPSA) is 84.9 Å². The van der Waals surface area contributed by atoms with E-state index in [-0.39, 0.29) is 11.4 Å². The molecule has 3 rings (SSSR count). The van der Waals surface area contributed by atoms with E-state index >= 15 is 0 Å². The van der Waals surface area contributed by atoms with E-state index in [9.17, 15) is 13.2 Å². The van der Waals surface area contributed by atoms with Gasteiger partial charge in [-0.15, -0.1) is 0 Å². The van der Waals surface area contributed by atoms with Crippen molar-refractivity contribution in [2.45, 2.75) is 10.9 Å². The number of amides is 1. The normalized spacial score (nSPS) is 11.4. The van der Waals surface area contributed by atoms with E-state index < -0.39 is 22.0 Å². The number of rotatable bonds is 9. The maximum Gasteiger partial charge on any atom is 0.243 e. The number of hydrogen-bond acceptors (Lipinski definition) is 5. The Labute approximate surface area is 188 Å². The first kappa shape index (κ1) is 23.3. The zero-order chi connectivity index (χ0) is 23.1. The van der Waals surface area contributed by atoms with E-state index in [0.717, 1.165) is 15.4 Å². The first-order valence-electron chi connectivity index (χ1n) is 9.94. The third-order valence-corrected chi connectivity index (χ3v) is 6.80. The van der Waals surface area contributed by atoms with Gasteiger partial charge in [0.25, 0.3) is 0 Å². The fourth-order valence-electron chi connectivity index (χ4n) is 3.30. The minimum atomic E-state index is -3.92. The van der Waals surface area contributed by atoms with Gasteiger partial charge in [0.05, 0.1) is 31.7 Å². The fraction of sp³-hybridized carbons (Fsp3) is 0.208. The molecular weight excluding hydrogens is 428 g/mol. The molecule has 0 atom stereocenters. The summed E-state index contributed by atoms with van der Waals surface area (Å²) in [6.07, 6.45) is 0. The maximum atomic E-state index is 13.0. The Hall–Kier alpha value is -3.36. The number of benzene rings is 3. The first-order chi connectivity index (χ1) is 15.4. The standard InChI is InChI=1S/C24H26N2O5S/c1-26(32(28,29)20-14-15-21(30-2)22(16-20)31-3)17-23(27)25-24(18-10-6-4-7-11-18)19-12-8-5-9-13-19/h4-16,24H,17H2,1-3H3,(H,25,27). The third-order valence-electron chi connectivity index (χ3n) is 5.00. The van der Waals surface area contributed by atoms with Gasteiger partial charge >= 0.3 is 0 Å². The molecule has 0 radical (unpaired) electrons. The minimum absolute atomic E-state index is 0.00752. The van der Waals surface area contributed by atoms with Crippen molar-refractivity contribution < 1.29 is 22.7 Å². The second-order valence-electron chi connectivity index (χ2n) is 7.10. The van der Waals surface area contributed by atoms with Gasteiger partial charge in [0.1, 0.15) is 0 Å². The van der Waals surface area contributed by atoms with Gasteiger partial charge in [-0.3, -0.25) is 4.79 Å². The lowest BCUT2D eigenvalue weighted by molar-refractivity contribution is -0.121. The molecule has 7 nitrogen and oxygen atoms in total. The predicted molar refractivity (Wildman–Crippen MR) is 122 cm³/mol. The monoisotopic (exact) mass is 454 g/mol. The molecule has 8 heteroatoms. The molecule has 32 heavy (non-hydrogen) atoms. The molecule has 0 bridgehead atoms. The van der Waals surface area contributed by atoms with Gasteiger partial charge < -0.3 is 14.8 Å². The van der Waals surface area contributed by atoms with Crippen LogP contribution in [0, 0.1) is 0 Å². The summed E-state index contributed by atoms with van der Waals surface area (Å²) in [4.78, 5) is 12.9. The second-order valence-corrected chi connectivity index (χ2v) is 9.14. The van der Waals surface area contributed by atoms with E-state index in [2.05, 4.69) is 5.32 Å². The summed E-state index contributed by atoms with van der Waals surface area (Å²) in [5, 5.41) is 2.96. The van der Waals surface area contributed by atoms with Crippen molar-refractivity contribution in [3.05, 3.63) is 90.0 Å². The first-order valence-corrected chi connectivity index (χ1v) is 11.4. The molecule has 0 spiro atoms. The van der Waals surface area contributed by atoms with Crippen molar-refractivity contribution >= 4 is 15.9 Å². The van der Waals surface area contributed by atoms with Crippen LogP contribution in [-0.2, 0) is 14.8 Å². The van der Waals surface area contributed by atoms with Crippen LogP contribution in [0.4, 0.5) is 0 Å². The van der Waals surface area contributed by atoms with Gasteiger partial charge in [0.15, 0.2) is 11.5 Å². The number of likely N-dealkylation sites (N-methyl/N-ethyl adjacent to an activating group) is 1. The maximum absolute atomic E-state index is 13.0. The molecular formula is C24H26N2O5S. The highest BCUT2D eigenvalue weighted by atomic mass is 32.2. The molecule has 1 N–H and O–H groups in total. The zero-order valence-electron chi connectivity index (χ0n) is 18.2. The summed E-state index contributed by atoms with van der Waals surface area (Å²) in [7, 11) is 0.347. The number of ether oxygens (including phenoxy) is 2. The van der Waals surface area contributed by atoms with Crippen LogP contribution in [0.25, 0.3) is 0 Å². The van der Waals surface area contributed by atoms with Gasteiger partial charge in [-0.2, -0.15) is 4.31 Å². The lowest BCUT2D eigenvalue weighted by Crippen LogP contribution is -2.40. The molecule has 0 aliphatic rings. The van der Waals surface area contributed by atoms with Crippen LogP contribution in [0.2, 0.25) is 0 Å². The quantitative estimate of drug-likeness (QED) is 0.537. The summed E-state index contributed by atoms with van der Waals surface area (Å²) >= 11 is 0. The van der Waals surface area contributed by atoms with Crippen LogP contribution < -0.4 is 14.8 Å². The highest BCUT2D eigenvalue weighted by Gasteiger charge is 2.26. The zero-order valence-corrected chi connectivity index (χ0v) is 19.0. The number of carbonyl (C=O) groups is 1. The average molecular weight is 455 g/mol. The molecule has 0 saturated carbocycles.